The van der Waals surface area contributed by atoms with Crippen LogP contribution in [0.5, 0.6) is 0 Å². The molecule has 1 aromatic rings. The maximum absolute atomic E-state index is 11.8. The number of aliphatic imine (C=N–C) groups is 1. The lowest BCUT2D eigenvalue weighted by molar-refractivity contribution is -0.127. The molecule has 1 amide bonds. The van der Waals surface area contributed by atoms with Gasteiger partial charge < -0.3 is 20.5 Å². The first kappa shape index (κ1) is 23.7. The van der Waals surface area contributed by atoms with Gasteiger partial charge in [-0.25, -0.2) is 4.99 Å². The predicted octanol–water partition coefficient (Wildman–Crippen LogP) is 2.78. The van der Waals surface area contributed by atoms with Crippen molar-refractivity contribution in [3.05, 3.63) is 17.0 Å². The zero-order valence-corrected chi connectivity index (χ0v) is 19.1. The van der Waals surface area contributed by atoms with Crippen molar-refractivity contribution in [2.75, 3.05) is 19.6 Å². The highest BCUT2D eigenvalue weighted by molar-refractivity contribution is 14.0. The van der Waals surface area contributed by atoms with Crippen LogP contribution in [-0.2, 0) is 24.2 Å². The van der Waals surface area contributed by atoms with E-state index in [2.05, 4.69) is 39.9 Å². The van der Waals surface area contributed by atoms with Crippen molar-refractivity contribution < 1.29 is 9.32 Å². The van der Waals surface area contributed by atoms with Crippen LogP contribution in [-0.4, -0.2) is 36.7 Å². The Morgan fingerprint density at radius 3 is 2.48 bits per heavy atom. The quantitative estimate of drug-likeness (QED) is 0.203. The summed E-state index contributed by atoms with van der Waals surface area (Å²) in [4.78, 5) is 16.5. The van der Waals surface area contributed by atoms with Crippen LogP contribution in [0.4, 0.5) is 0 Å². The number of halogens is 1. The van der Waals surface area contributed by atoms with Gasteiger partial charge in [0.1, 0.15) is 5.76 Å². The van der Waals surface area contributed by atoms with Crippen LogP contribution in [0.2, 0.25) is 0 Å². The second-order valence-corrected chi connectivity index (χ2v) is 6.63. The van der Waals surface area contributed by atoms with E-state index in [1.165, 1.54) is 6.42 Å². The van der Waals surface area contributed by atoms with Gasteiger partial charge in [-0.15, -0.1) is 24.0 Å². The number of aromatic nitrogens is 1. The van der Waals surface area contributed by atoms with Crippen LogP contribution in [0.15, 0.2) is 9.52 Å². The van der Waals surface area contributed by atoms with Crippen LogP contribution in [0.3, 0.4) is 0 Å². The van der Waals surface area contributed by atoms with Crippen LogP contribution in [0.25, 0.3) is 0 Å². The Morgan fingerprint density at radius 1 is 1.15 bits per heavy atom. The Morgan fingerprint density at radius 2 is 1.89 bits per heavy atom. The fourth-order valence-electron chi connectivity index (χ4n) is 2.94. The molecular weight excluding hydrogens is 457 g/mol. The van der Waals surface area contributed by atoms with Gasteiger partial charge in [0.15, 0.2) is 5.96 Å². The van der Waals surface area contributed by atoms with Gasteiger partial charge in [-0.3, -0.25) is 4.79 Å². The second kappa shape index (κ2) is 13.0. The van der Waals surface area contributed by atoms with Gasteiger partial charge in [-0.05, 0) is 32.6 Å². The van der Waals surface area contributed by atoms with Crippen LogP contribution in [0.1, 0.15) is 63.5 Å². The van der Waals surface area contributed by atoms with E-state index in [1.54, 1.807) is 0 Å². The van der Waals surface area contributed by atoms with Gasteiger partial charge in [-0.1, -0.05) is 25.4 Å². The fraction of sp³-hybridized carbons (Fsp3) is 0.737. The Kier molecular flexibility index (Phi) is 11.4. The number of carbonyl (C=O) groups is 1. The molecule has 0 aliphatic heterocycles. The lowest BCUT2D eigenvalue weighted by Gasteiger charge is -2.24. The summed E-state index contributed by atoms with van der Waals surface area (Å²) in [6, 6.07) is 0. The molecule has 0 saturated heterocycles. The predicted molar refractivity (Wildman–Crippen MR) is 118 cm³/mol. The maximum atomic E-state index is 11.8. The van der Waals surface area contributed by atoms with Crippen LogP contribution in [0, 0.1) is 5.92 Å². The largest absolute Gasteiger partial charge is 0.361 e. The number of nitrogens with one attached hydrogen (secondary N) is 3. The molecule has 1 saturated carbocycles. The van der Waals surface area contributed by atoms with Gasteiger partial charge in [0.25, 0.3) is 0 Å². The third-order valence-electron chi connectivity index (χ3n) is 4.77. The Balaban J connectivity index is 0.00000364. The number of guanidine groups is 1. The Bertz CT molecular complexity index is 577. The SMILES string of the molecule is CCNC(=NCc1c(CC)noc1CC)NCCCNC(=O)C1CCC1.I. The molecule has 1 fully saturated rings. The minimum Gasteiger partial charge on any atom is -0.361 e. The maximum Gasteiger partial charge on any atom is 0.223 e. The summed E-state index contributed by atoms with van der Waals surface area (Å²) in [5.41, 5.74) is 2.08. The molecule has 154 valence electrons. The molecule has 1 heterocycles. The average Bonchev–Trinajstić information content (AvgIpc) is 2.99. The minimum absolute atomic E-state index is 0. The number of hydrogen-bond donors (Lipinski definition) is 3. The van der Waals surface area contributed by atoms with Crippen molar-refractivity contribution in [2.24, 2.45) is 10.9 Å². The molecule has 2 rings (SSSR count). The monoisotopic (exact) mass is 491 g/mol. The smallest absolute Gasteiger partial charge is 0.223 e. The average molecular weight is 491 g/mol. The van der Waals surface area contributed by atoms with Crippen molar-refractivity contribution in [2.45, 2.75) is 65.8 Å². The summed E-state index contributed by atoms with van der Waals surface area (Å²) in [5.74, 6) is 2.16. The second-order valence-electron chi connectivity index (χ2n) is 6.63. The van der Waals surface area contributed by atoms with Gasteiger partial charge >= 0.3 is 0 Å². The highest BCUT2D eigenvalue weighted by Gasteiger charge is 2.24. The zero-order valence-electron chi connectivity index (χ0n) is 16.8. The third kappa shape index (κ3) is 7.31. The van der Waals surface area contributed by atoms with Crippen LogP contribution < -0.4 is 16.0 Å². The molecule has 7 nitrogen and oxygen atoms in total. The fourth-order valence-corrected chi connectivity index (χ4v) is 2.94. The van der Waals surface area contributed by atoms with Crippen molar-refractivity contribution in [3.63, 3.8) is 0 Å². The highest BCUT2D eigenvalue weighted by Crippen LogP contribution is 2.26. The summed E-state index contributed by atoms with van der Waals surface area (Å²) in [7, 11) is 0. The molecule has 0 unspecified atom stereocenters. The zero-order chi connectivity index (χ0) is 18.8. The molecule has 27 heavy (non-hydrogen) atoms. The van der Waals surface area contributed by atoms with E-state index >= 15 is 0 Å². The summed E-state index contributed by atoms with van der Waals surface area (Å²) >= 11 is 0. The molecular formula is C19H34IN5O2. The van der Waals surface area contributed by atoms with Gasteiger partial charge in [-0.2, -0.15) is 0 Å². The van der Waals surface area contributed by atoms with Crippen molar-refractivity contribution in [1.82, 2.24) is 21.1 Å². The number of aryl methyl sites for hydroxylation is 2. The number of nitrogens with zero attached hydrogens (tertiary/aromatic N) is 2. The molecule has 1 aromatic heterocycles. The molecule has 0 bridgehead atoms. The lowest BCUT2D eigenvalue weighted by Crippen LogP contribution is -2.39. The third-order valence-corrected chi connectivity index (χ3v) is 4.77. The van der Waals surface area contributed by atoms with E-state index in [9.17, 15) is 4.79 Å². The molecule has 0 aromatic carbocycles. The standard InChI is InChI=1S/C19H33N5O2.HI/c1-4-16-15(17(5-2)26-24-16)13-23-19(20-6-3)22-12-8-11-21-18(25)14-9-7-10-14;/h14H,4-13H2,1-3H3,(H,21,25)(H2,20,22,23);1H. The lowest BCUT2D eigenvalue weighted by atomic mass is 9.85. The molecule has 0 radical (unpaired) electrons. The van der Waals surface area contributed by atoms with Crippen molar-refractivity contribution in [3.8, 4) is 0 Å². The van der Waals surface area contributed by atoms with E-state index in [-0.39, 0.29) is 35.8 Å². The van der Waals surface area contributed by atoms with E-state index in [0.717, 1.165) is 68.2 Å². The molecule has 1 aliphatic carbocycles. The normalized spacial score (nSPS) is 14.3. The highest BCUT2D eigenvalue weighted by atomic mass is 127. The molecule has 0 spiro atoms. The van der Waals surface area contributed by atoms with Gasteiger partial charge in [0.2, 0.25) is 5.91 Å². The number of carbonyl (C=O) groups excluding carboxylic acids is 1. The topological polar surface area (TPSA) is 91.6 Å². The van der Waals surface area contributed by atoms with E-state index in [0.29, 0.717) is 13.1 Å². The Hall–Kier alpha value is -1.32. The first-order valence-corrected chi connectivity index (χ1v) is 9.95. The molecule has 3 N–H and O–H groups in total. The number of amides is 1. The van der Waals surface area contributed by atoms with Gasteiger partial charge in [0.05, 0.1) is 12.2 Å². The molecule has 0 atom stereocenters. The number of rotatable bonds is 10. The van der Waals surface area contributed by atoms with Crippen LogP contribution >= 0.6 is 24.0 Å². The number of hydrogen-bond acceptors (Lipinski definition) is 4. The summed E-state index contributed by atoms with van der Waals surface area (Å²) in [6.07, 6.45) is 5.82. The van der Waals surface area contributed by atoms with Gasteiger partial charge in [0, 0.05) is 37.5 Å². The van der Waals surface area contributed by atoms with E-state index < -0.39 is 0 Å². The first-order valence-electron chi connectivity index (χ1n) is 9.95. The van der Waals surface area contributed by atoms with Crippen molar-refractivity contribution in [1.29, 1.82) is 0 Å². The molecule has 8 heteroatoms. The summed E-state index contributed by atoms with van der Waals surface area (Å²) in [6.45, 7) is 9.01. The van der Waals surface area contributed by atoms with E-state index in [1.807, 2.05) is 6.92 Å². The minimum atomic E-state index is 0. The first-order chi connectivity index (χ1) is 12.7. The summed E-state index contributed by atoms with van der Waals surface area (Å²) in [5, 5.41) is 13.7. The summed E-state index contributed by atoms with van der Waals surface area (Å²) < 4.78 is 5.40. The molecule has 1 aliphatic rings. The van der Waals surface area contributed by atoms with Crippen molar-refractivity contribution >= 4 is 35.8 Å². The Labute approximate surface area is 179 Å². The van der Waals surface area contributed by atoms with E-state index in [4.69, 9.17) is 4.52 Å².